The first kappa shape index (κ1) is 26.9. The average molecular weight is 527 g/mol. The number of benzene rings is 2. The molecule has 38 heavy (non-hydrogen) atoms. The standard InChI is InChI=1S/C27H34N4O7/c1-6-38-26(33)22-23(17-15-20(35-3)24(37-5)21(16-17)36-4)28-27(29-25(22)32)31-13-11-30(12-14-31)18-9-7-8-10-19(18)34-2/h7-10,15-16,22-23H,6,11-14H2,1-5H3,(H,28,29,32)/t22-,23+/m0/s1. The molecule has 2 aromatic rings. The molecule has 0 saturated carbocycles. The number of hydrogen-bond donors (Lipinski definition) is 1. The highest BCUT2D eigenvalue weighted by Crippen LogP contribution is 2.42. The minimum absolute atomic E-state index is 0.145. The number of carbonyl (C=O) groups excluding carboxylic acids is 2. The molecule has 0 bridgehead atoms. The topological polar surface area (TPSA) is 111 Å². The van der Waals surface area contributed by atoms with Gasteiger partial charge in [-0.05, 0) is 36.8 Å². The van der Waals surface area contributed by atoms with E-state index in [1.54, 1.807) is 26.2 Å². The lowest BCUT2D eigenvalue weighted by Gasteiger charge is -2.40. The molecule has 0 aliphatic carbocycles. The van der Waals surface area contributed by atoms with Gasteiger partial charge in [0.15, 0.2) is 17.4 Å². The summed E-state index contributed by atoms with van der Waals surface area (Å²) < 4.78 is 27.2. The zero-order valence-electron chi connectivity index (χ0n) is 22.4. The second-order valence-corrected chi connectivity index (χ2v) is 8.72. The number of ether oxygens (including phenoxy) is 5. The highest BCUT2D eigenvalue weighted by molar-refractivity contribution is 6.08. The molecular formula is C27H34N4O7. The lowest BCUT2D eigenvalue weighted by atomic mass is 9.90. The first-order valence-corrected chi connectivity index (χ1v) is 12.4. The van der Waals surface area contributed by atoms with Gasteiger partial charge in [-0.3, -0.25) is 14.9 Å². The summed E-state index contributed by atoms with van der Waals surface area (Å²) in [5.74, 6) is 0.139. The van der Waals surface area contributed by atoms with Gasteiger partial charge < -0.3 is 33.5 Å². The monoisotopic (exact) mass is 526 g/mol. The molecule has 2 heterocycles. The van der Waals surface area contributed by atoms with Crippen LogP contribution in [0.4, 0.5) is 5.69 Å². The van der Waals surface area contributed by atoms with Crippen molar-refractivity contribution in [3.8, 4) is 23.0 Å². The fraction of sp³-hybridized carbons (Fsp3) is 0.444. The van der Waals surface area contributed by atoms with Gasteiger partial charge in [0.25, 0.3) is 0 Å². The maximum absolute atomic E-state index is 13.3. The van der Waals surface area contributed by atoms with Gasteiger partial charge >= 0.3 is 5.97 Å². The van der Waals surface area contributed by atoms with Crippen molar-refractivity contribution < 1.29 is 33.3 Å². The van der Waals surface area contributed by atoms with E-state index in [0.717, 1.165) is 11.4 Å². The number of amides is 1. The second kappa shape index (κ2) is 11.9. The van der Waals surface area contributed by atoms with Gasteiger partial charge in [0, 0.05) is 26.2 Å². The fourth-order valence-electron chi connectivity index (χ4n) is 4.79. The van der Waals surface area contributed by atoms with E-state index in [2.05, 4.69) is 10.2 Å². The summed E-state index contributed by atoms with van der Waals surface area (Å²) in [7, 11) is 6.18. The van der Waals surface area contributed by atoms with Gasteiger partial charge in [-0.25, -0.2) is 4.99 Å². The Kier molecular flexibility index (Phi) is 8.45. The lowest BCUT2D eigenvalue weighted by molar-refractivity contribution is -0.153. The molecule has 0 radical (unpaired) electrons. The molecule has 0 aromatic heterocycles. The molecule has 11 nitrogen and oxygen atoms in total. The highest BCUT2D eigenvalue weighted by Gasteiger charge is 2.43. The number of nitrogens with zero attached hydrogens (tertiary/aromatic N) is 3. The van der Waals surface area contributed by atoms with Crippen LogP contribution in [0.1, 0.15) is 18.5 Å². The number of aliphatic imine (C=N–C) groups is 1. The van der Waals surface area contributed by atoms with Crippen LogP contribution in [0.2, 0.25) is 0 Å². The molecule has 1 amide bonds. The molecule has 4 rings (SSSR count). The van der Waals surface area contributed by atoms with Crippen LogP contribution in [0.5, 0.6) is 23.0 Å². The number of guanidine groups is 1. The van der Waals surface area contributed by atoms with Gasteiger partial charge in [0.1, 0.15) is 11.8 Å². The molecule has 2 aliphatic heterocycles. The summed E-state index contributed by atoms with van der Waals surface area (Å²) in [6.45, 7) is 4.47. The normalized spacial score (nSPS) is 19.3. The maximum Gasteiger partial charge on any atom is 0.321 e. The molecule has 1 fully saturated rings. The lowest BCUT2D eigenvalue weighted by Crippen LogP contribution is -2.57. The van der Waals surface area contributed by atoms with Crippen molar-refractivity contribution in [2.24, 2.45) is 10.9 Å². The highest BCUT2D eigenvalue weighted by atomic mass is 16.5. The third-order valence-electron chi connectivity index (χ3n) is 6.67. The van der Waals surface area contributed by atoms with Gasteiger partial charge in [-0.1, -0.05) is 12.1 Å². The van der Waals surface area contributed by atoms with Gasteiger partial charge in [0.05, 0.1) is 40.7 Å². The SMILES string of the molecule is CCOC(=O)[C@@H]1C(=O)NC(N2CCN(c3ccccc3OC)CC2)=N[C@@H]1c1cc(OC)c(OC)c(OC)c1. The van der Waals surface area contributed by atoms with E-state index < -0.39 is 23.8 Å². The quantitative estimate of drug-likeness (QED) is 0.409. The Morgan fingerprint density at radius 2 is 1.53 bits per heavy atom. The van der Waals surface area contributed by atoms with Crippen LogP contribution in [0.15, 0.2) is 41.4 Å². The number of carbonyl (C=O) groups is 2. The van der Waals surface area contributed by atoms with Crippen molar-refractivity contribution in [1.82, 2.24) is 10.2 Å². The first-order chi connectivity index (χ1) is 18.4. The number of hydrogen-bond acceptors (Lipinski definition) is 10. The van der Waals surface area contributed by atoms with Crippen LogP contribution in [-0.4, -0.2) is 84.0 Å². The van der Waals surface area contributed by atoms with Crippen molar-refractivity contribution in [3.63, 3.8) is 0 Å². The molecule has 0 unspecified atom stereocenters. The van der Waals surface area contributed by atoms with Gasteiger partial charge in [-0.15, -0.1) is 0 Å². The summed E-state index contributed by atoms with van der Waals surface area (Å²) in [6.07, 6.45) is 0. The number of methoxy groups -OCH3 is 4. The first-order valence-electron chi connectivity index (χ1n) is 12.4. The fourth-order valence-corrected chi connectivity index (χ4v) is 4.79. The van der Waals surface area contributed by atoms with E-state index in [1.807, 2.05) is 29.2 Å². The maximum atomic E-state index is 13.3. The second-order valence-electron chi connectivity index (χ2n) is 8.72. The van der Waals surface area contributed by atoms with Crippen molar-refractivity contribution >= 4 is 23.5 Å². The van der Waals surface area contributed by atoms with Crippen LogP contribution in [0.3, 0.4) is 0 Å². The summed E-state index contributed by atoms with van der Waals surface area (Å²) in [5, 5.41) is 2.84. The van der Waals surface area contributed by atoms with E-state index >= 15 is 0 Å². The predicted molar refractivity (Wildman–Crippen MR) is 141 cm³/mol. The molecule has 2 aromatic carbocycles. The van der Waals surface area contributed by atoms with Crippen LogP contribution in [0.25, 0.3) is 0 Å². The number of esters is 1. The molecule has 1 saturated heterocycles. The van der Waals surface area contributed by atoms with E-state index in [1.165, 1.54) is 21.3 Å². The van der Waals surface area contributed by atoms with Gasteiger partial charge in [0.2, 0.25) is 17.6 Å². The van der Waals surface area contributed by atoms with Crippen LogP contribution in [-0.2, 0) is 14.3 Å². The Balaban J connectivity index is 1.66. The molecule has 11 heteroatoms. The number of anilines is 1. The predicted octanol–water partition coefficient (Wildman–Crippen LogP) is 2.25. The zero-order chi connectivity index (χ0) is 27.2. The van der Waals surface area contributed by atoms with E-state index in [4.69, 9.17) is 28.7 Å². The molecular weight excluding hydrogens is 492 g/mol. The molecule has 2 aliphatic rings. The summed E-state index contributed by atoms with van der Waals surface area (Å²) in [6, 6.07) is 10.4. The smallest absolute Gasteiger partial charge is 0.321 e. The minimum Gasteiger partial charge on any atom is -0.495 e. The van der Waals surface area contributed by atoms with Crippen LogP contribution in [0, 0.1) is 5.92 Å². The van der Waals surface area contributed by atoms with Crippen LogP contribution < -0.4 is 29.2 Å². The van der Waals surface area contributed by atoms with Crippen LogP contribution >= 0.6 is 0 Å². The summed E-state index contributed by atoms with van der Waals surface area (Å²) >= 11 is 0. The van der Waals surface area contributed by atoms with Crippen molar-refractivity contribution in [1.29, 1.82) is 0 Å². The number of piperazine rings is 1. The van der Waals surface area contributed by atoms with E-state index in [9.17, 15) is 9.59 Å². The van der Waals surface area contributed by atoms with Gasteiger partial charge in [-0.2, -0.15) is 0 Å². The average Bonchev–Trinajstić information content (AvgIpc) is 2.95. The zero-order valence-corrected chi connectivity index (χ0v) is 22.4. The number of rotatable bonds is 8. The Morgan fingerprint density at radius 1 is 0.921 bits per heavy atom. The third kappa shape index (κ3) is 5.27. The molecule has 204 valence electrons. The number of nitrogens with one attached hydrogen (secondary N) is 1. The molecule has 0 spiro atoms. The minimum atomic E-state index is -1.17. The molecule has 1 N–H and O–H groups in total. The van der Waals surface area contributed by atoms with E-state index in [-0.39, 0.29) is 6.61 Å². The summed E-state index contributed by atoms with van der Waals surface area (Å²) in [5.41, 5.74) is 1.58. The Labute approximate surface area is 222 Å². The Bertz CT molecular complexity index is 1170. The Hall–Kier alpha value is -4.15. The van der Waals surface area contributed by atoms with Crippen molar-refractivity contribution in [2.75, 3.05) is 66.1 Å². The van der Waals surface area contributed by atoms with E-state index in [0.29, 0.717) is 55.0 Å². The summed E-state index contributed by atoms with van der Waals surface area (Å²) in [4.78, 5) is 35.3. The van der Waals surface area contributed by atoms with Crippen molar-refractivity contribution in [3.05, 3.63) is 42.0 Å². The largest absolute Gasteiger partial charge is 0.495 e. The van der Waals surface area contributed by atoms with Crippen molar-refractivity contribution in [2.45, 2.75) is 13.0 Å². The Morgan fingerprint density at radius 3 is 2.11 bits per heavy atom. The third-order valence-corrected chi connectivity index (χ3v) is 6.67. The number of para-hydroxylation sites is 2. The molecule has 2 atom stereocenters.